The fourth-order valence-electron chi connectivity index (χ4n) is 4.76. The number of hydrogen-bond donors (Lipinski definition) is 1. The van der Waals surface area contributed by atoms with E-state index in [9.17, 15) is 9.90 Å². The van der Waals surface area contributed by atoms with Gasteiger partial charge >= 0.3 is 6.09 Å². The summed E-state index contributed by atoms with van der Waals surface area (Å²) >= 11 is 0. The van der Waals surface area contributed by atoms with Gasteiger partial charge in [0.2, 0.25) is 11.7 Å². The third kappa shape index (κ3) is 4.97. The molecule has 1 amide bonds. The van der Waals surface area contributed by atoms with Gasteiger partial charge in [-0.1, -0.05) is 69.2 Å². The second kappa shape index (κ2) is 10.7. The molecule has 0 saturated carbocycles. The molecule has 1 atom stereocenters. The van der Waals surface area contributed by atoms with E-state index >= 15 is 0 Å². The molecule has 172 valence electrons. The molecule has 3 aromatic rings. The van der Waals surface area contributed by atoms with Crippen LogP contribution >= 0.6 is 0 Å². The highest BCUT2D eigenvalue weighted by molar-refractivity contribution is 5.93. The van der Waals surface area contributed by atoms with Crippen LogP contribution in [0.15, 0.2) is 35.0 Å². The molecular formula is C25H34N4O3. The van der Waals surface area contributed by atoms with E-state index in [-0.39, 0.29) is 6.04 Å². The Bertz CT molecular complexity index is 1030. The quantitative estimate of drug-likeness (QED) is 0.339. The summed E-state index contributed by atoms with van der Waals surface area (Å²) in [5, 5.41) is 14.7. The lowest BCUT2D eigenvalue weighted by molar-refractivity contribution is 0.131. The molecule has 3 heterocycles. The van der Waals surface area contributed by atoms with Crippen LogP contribution < -0.4 is 0 Å². The third-order valence-corrected chi connectivity index (χ3v) is 6.53. The number of nitrogens with zero attached hydrogens (tertiary/aromatic N) is 4. The van der Waals surface area contributed by atoms with E-state index in [0.717, 1.165) is 23.9 Å². The highest BCUT2D eigenvalue weighted by atomic mass is 16.5. The number of amides is 1. The highest BCUT2D eigenvalue weighted by Crippen LogP contribution is 2.33. The zero-order valence-corrected chi connectivity index (χ0v) is 19.0. The Morgan fingerprint density at radius 3 is 2.69 bits per heavy atom. The SMILES string of the molecule is CCCCCCCCCCn1ccc2c(-c3noc(C4CCCN4C(=O)O)n3)cccc21. The predicted octanol–water partition coefficient (Wildman–Crippen LogP) is 6.65. The number of carbonyl (C=O) groups is 1. The number of rotatable bonds is 11. The van der Waals surface area contributed by atoms with Gasteiger partial charge in [-0.3, -0.25) is 4.90 Å². The molecule has 7 nitrogen and oxygen atoms in total. The van der Waals surface area contributed by atoms with E-state index in [4.69, 9.17) is 4.52 Å². The molecule has 0 bridgehead atoms. The monoisotopic (exact) mass is 438 g/mol. The second-order valence-corrected chi connectivity index (χ2v) is 8.81. The summed E-state index contributed by atoms with van der Waals surface area (Å²) in [7, 11) is 0. The predicted molar refractivity (Wildman–Crippen MR) is 125 cm³/mol. The van der Waals surface area contributed by atoms with Gasteiger partial charge < -0.3 is 14.2 Å². The normalized spacial score (nSPS) is 16.3. The van der Waals surface area contributed by atoms with Crippen LogP contribution in [0.5, 0.6) is 0 Å². The first-order chi connectivity index (χ1) is 15.7. The summed E-state index contributed by atoms with van der Waals surface area (Å²) in [6.07, 6.45) is 13.2. The zero-order valence-electron chi connectivity index (χ0n) is 19.0. The standard InChI is InChI=1S/C25H34N4O3/c1-2-3-4-5-6-7-8-9-16-28-18-15-19-20(12-10-13-21(19)28)23-26-24(32-27-23)22-14-11-17-29(22)25(30)31/h10,12-13,15,18,22H,2-9,11,14,16-17H2,1H3,(H,30,31). The van der Waals surface area contributed by atoms with Crippen LogP contribution in [0.1, 0.15) is 83.1 Å². The van der Waals surface area contributed by atoms with Gasteiger partial charge in [0.25, 0.3) is 0 Å². The number of aryl methyl sites for hydroxylation is 1. The summed E-state index contributed by atoms with van der Waals surface area (Å²) in [5.74, 6) is 0.906. The van der Waals surface area contributed by atoms with Crippen LogP contribution in [-0.4, -0.2) is 37.4 Å². The average Bonchev–Trinajstić information content (AvgIpc) is 3.54. The molecule has 2 aromatic heterocycles. The number of fused-ring (bicyclic) bond motifs is 1. The first-order valence-electron chi connectivity index (χ1n) is 12.1. The van der Waals surface area contributed by atoms with E-state index < -0.39 is 6.09 Å². The van der Waals surface area contributed by atoms with Crippen molar-refractivity contribution in [3.63, 3.8) is 0 Å². The van der Waals surface area contributed by atoms with Crippen molar-refractivity contribution >= 4 is 17.0 Å². The van der Waals surface area contributed by atoms with E-state index in [2.05, 4.69) is 40.0 Å². The molecule has 4 rings (SSSR count). The topological polar surface area (TPSA) is 84.4 Å². The minimum atomic E-state index is -0.938. The van der Waals surface area contributed by atoms with Crippen LogP contribution in [-0.2, 0) is 6.54 Å². The molecule has 1 saturated heterocycles. The van der Waals surface area contributed by atoms with Gasteiger partial charge in [0, 0.05) is 35.8 Å². The highest BCUT2D eigenvalue weighted by Gasteiger charge is 2.34. The van der Waals surface area contributed by atoms with Crippen LogP contribution in [0.3, 0.4) is 0 Å². The molecule has 32 heavy (non-hydrogen) atoms. The van der Waals surface area contributed by atoms with Crippen molar-refractivity contribution < 1.29 is 14.4 Å². The van der Waals surface area contributed by atoms with Gasteiger partial charge in [0.1, 0.15) is 6.04 Å². The minimum absolute atomic E-state index is 0.348. The molecule has 0 radical (unpaired) electrons. The Hall–Kier alpha value is -2.83. The van der Waals surface area contributed by atoms with Crippen LogP contribution in [0.2, 0.25) is 0 Å². The van der Waals surface area contributed by atoms with Crippen molar-refractivity contribution in [1.29, 1.82) is 0 Å². The molecule has 1 aromatic carbocycles. The third-order valence-electron chi connectivity index (χ3n) is 6.53. The molecule has 1 unspecified atom stereocenters. The Morgan fingerprint density at radius 2 is 1.91 bits per heavy atom. The summed E-state index contributed by atoms with van der Waals surface area (Å²) in [5.41, 5.74) is 2.09. The van der Waals surface area contributed by atoms with Crippen molar-refractivity contribution in [2.45, 2.75) is 83.7 Å². The first kappa shape index (κ1) is 22.4. The van der Waals surface area contributed by atoms with Crippen molar-refractivity contribution in [1.82, 2.24) is 19.6 Å². The zero-order chi connectivity index (χ0) is 22.3. The van der Waals surface area contributed by atoms with E-state index in [1.807, 2.05) is 12.1 Å². The number of likely N-dealkylation sites (tertiary alicyclic amines) is 1. The molecular weight excluding hydrogens is 404 g/mol. The number of benzene rings is 1. The van der Waals surface area contributed by atoms with Gasteiger partial charge in [-0.25, -0.2) is 4.79 Å². The van der Waals surface area contributed by atoms with Gasteiger partial charge in [-0.2, -0.15) is 4.98 Å². The van der Waals surface area contributed by atoms with E-state index in [1.165, 1.54) is 61.8 Å². The van der Waals surface area contributed by atoms with Crippen molar-refractivity contribution in [2.24, 2.45) is 0 Å². The summed E-state index contributed by atoms with van der Waals surface area (Å²) < 4.78 is 7.80. The Labute approximate surface area is 189 Å². The second-order valence-electron chi connectivity index (χ2n) is 8.81. The minimum Gasteiger partial charge on any atom is -0.465 e. The number of aromatic nitrogens is 3. The van der Waals surface area contributed by atoms with Crippen LogP contribution in [0.4, 0.5) is 4.79 Å². The molecule has 0 spiro atoms. The van der Waals surface area contributed by atoms with Crippen LogP contribution in [0, 0.1) is 0 Å². The van der Waals surface area contributed by atoms with Crippen molar-refractivity contribution in [3.8, 4) is 11.4 Å². The lowest BCUT2D eigenvalue weighted by Crippen LogP contribution is -2.28. The first-order valence-corrected chi connectivity index (χ1v) is 12.1. The Morgan fingerprint density at radius 1 is 1.12 bits per heavy atom. The van der Waals surface area contributed by atoms with Crippen molar-refractivity contribution in [3.05, 3.63) is 36.4 Å². The van der Waals surface area contributed by atoms with Gasteiger partial charge in [-0.15, -0.1) is 0 Å². The fraction of sp³-hybridized carbons (Fsp3) is 0.560. The largest absolute Gasteiger partial charge is 0.465 e. The lowest BCUT2D eigenvalue weighted by Gasteiger charge is -2.17. The molecule has 0 aliphatic carbocycles. The number of unbranched alkanes of at least 4 members (excludes halogenated alkanes) is 7. The Kier molecular flexibility index (Phi) is 7.45. The maximum absolute atomic E-state index is 11.5. The maximum Gasteiger partial charge on any atom is 0.407 e. The summed E-state index contributed by atoms with van der Waals surface area (Å²) in [4.78, 5) is 17.4. The molecule has 1 aliphatic heterocycles. The van der Waals surface area contributed by atoms with E-state index in [1.54, 1.807) is 0 Å². The smallest absolute Gasteiger partial charge is 0.407 e. The molecule has 7 heteroatoms. The lowest BCUT2D eigenvalue weighted by atomic mass is 10.1. The maximum atomic E-state index is 11.5. The molecule has 1 fully saturated rings. The number of hydrogen-bond acceptors (Lipinski definition) is 4. The number of carboxylic acid groups (broad SMARTS) is 1. The summed E-state index contributed by atoms with van der Waals surface area (Å²) in [6.45, 7) is 3.77. The van der Waals surface area contributed by atoms with Gasteiger partial charge in [-0.05, 0) is 31.4 Å². The van der Waals surface area contributed by atoms with Gasteiger partial charge in [0.05, 0.1) is 0 Å². The van der Waals surface area contributed by atoms with Crippen LogP contribution in [0.25, 0.3) is 22.3 Å². The van der Waals surface area contributed by atoms with E-state index in [0.29, 0.717) is 24.7 Å². The fourth-order valence-corrected chi connectivity index (χ4v) is 4.76. The Balaban J connectivity index is 1.40. The summed E-state index contributed by atoms with van der Waals surface area (Å²) in [6, 6.07) is 7.93. The molecule has 1 aliphatic rings. The van der Waals surface area contributed by atoms with Gasteiger partial charge in [0.15, 0.2) is 0 Å². The average molecular weight is 439 g/mol. The molecule has 1 N–H and O–H groups in total. The van der Waals surface area contributed by atoms with Crippen molar-refractivity contribution in [2.75, 3.05) is 6.54 Å².